The summed E-state index contributed by atoms with van der Waals surface area (Å²) >= 11 is 5.92. The highest BCUT2D eigenvalue weighted by atomic mass is 35.5. The van der Waals surface area contributed by atoms with Crippen LogP contribution in [0.1, 0.15) is 45.2 Å². The van der Waals surface area contributed by atoms with Crippen LogP contribution >= 0.6 is 11.6 Å². The lowest BCUT2D eigenvalue weighted by Crippen LogP contribution is -2.33. The van der Waals surface area contributed by atoms with E-state index >= 15 is 0 Å². The average Bonchev–Trinajstić information content (AvgIpc) is 3.13. The number of hydrogen-bond donors (Lipinski definition) is 3. The summed E-state index contributed by atoms with van der Waals surface area (Å²) < 4.78 is 14.6. The van der Waals surface area contributed by atoms with Gasteiger partial charge in [-0.2, -0.15) is 0 Å². The Hall–Kier alpha value is -3.72. The molecule has 0 bridgehead atoms. The first-order valence-electron chi connectivity index (χ1n) is 9.22. The fourth-order valence-corrected chi connectivity index (χ4v) is 3.10. The molecule has 1 aromatic heterocycles. The van der Waals surface area contributed by atoms with Gasteiger partial charge >= 0.3 is 0 Å². The van der Waals surface area contributed by atoms with Crippen LogP contribution in [0.3, 0.4) is 0 Å². The van der Waals surface area contributed by atoms with E-state index in [4.69, 9.17) is 17.3 Å². The second-order valence-electron chi connectivity index (χ2n) is 6.93. The van der Waals surface area contributed by atoms with Crippen molar-refractivity contribution in [1.82, 2.24) is 14.9 Å². The van der Waals surface area contributed by atoms with Crippen LogP contribution in [0, 0.1) is 5.82 Å². The summed E-state index contributed by atoms with van der Waals surface area (Å²) in [6.07, 6.45) is 1.32. The second kappa shape index (κ2) is 8.97. The summed E-state index contributed by atoms with van der Waals surface area (Å²) in [5.74, 6) is -2.37. The number of carbonyl (C=O) groups is 3. The Morgan fingerprint density at radius 2 is 1.77 bits per heavy atom. The lowest BCUT2D eigenvalue weighted by molar-refractivity contribution is 0.0919. The van der Waals surface area contributed by atoms with Crippen molar-refractivity contribution in [3.63, 3.8) is 0 Å². The fourth-order valence-electron chi connectivity index (χ4n) is 2.85. The molecule has 10 heteroatoms. The highest BCUT2D eigenvalue weighted by Crippen LogP contribution is 2.21. The van der Waals surface area contributed by atoms with Crippen LogP contribution in [0.5, 0.6) is 0 Å². The van der Waals surface area contributed by atoms with E-state index < -0.39 is 23.5 Å². The van der Waals surface area contributed by atoms with E-state index in [0.29, 0.717) is 11.4 Å². The van der Waals surface area contributed by atoms with Crippen molar-refractivity contribution in [3.05, 3.63) is 76.6 Å². The third-order valence-corrected chi connectivity index (χ3v) is 4.53. The van der Waals surface area contributed by atoms with Crippen LogP contribution in [-0.4, -0.2) is 33.3 Å². The molecule has 0 saturated carbocycles. The van der Waals surface area contributed by atoms with Gasteiger partial charge in [0, 0.05) is 17.4 Å². The van der Waals surface area contributed by atoms with Crippen molar-refractivity contribution in [2.24, 2.45) is 5.73 Å². The molecule has 0 aliphatic heterocycles. The van der Waals surface area contributed by atoms with Crippen molar-refractivity contribution in [2.45, 2.75) is 19.9 Å². The van der Waals surface area contributed by atoms with E-state index in [1.54, 1.807) is 38.1 Å². The summed E-state index contributed by atoms with van der Waals surface area (Å²) in [7, 11) is 0. The lowest BCUT2D eigenvalue weighted by Gasteiger charge is -2.13. The van der Waals surface area contributed by atoms with E-state index in [1.807, 2.05) is 0 Å². The van der Waals surface area contributed by atoms with E-state index in [0.717, 1.165) is 12.1 Å². The van der Waals surface area contributed by atoms with Crippen molar-refractivity contribution in [1.29, 1.82) is 0 Å². The number of imidazole rings is 1. The van der Waals surface area contributed by atoms with Crippen LogP contribution in [0.25, 0.3) is 5.69 Å². The van der Waals surface area contributed by atoms with Gasteiger partial charge in [-0.1, -0.05) is 11.6 Å². The van der Waals surface area contributed by atoms with Gasteiger partial charge in [0.1, 0.15) is 17.8 Å². The molecule has 0 spiro atoms. The summed E-state index contributed by atoms with van der Waals surface area (Å²) in [5.41, 5.74) is 6.30. The molecule has 0 fully saturated rings. The van der Waals surface area contributed by atoms with E-state index in [2.05, 4.69) is 15.6 Å². The number of halogens is 2. The summed E-state index contributed by atoms with van der Waals surface area (Å²) in [6.45, 7) is 3.57. The first kappa shape index (κ1) is 22.0. The van der Waals surface area contributed by atoms with Crippen molar-refractivity contribution >= 4 is 35.0 Å². The zero-order valence-corrected chi connectivity index (χ0v) is 17.4. The zero-order valence-electron chi connectivity index (χ0n) is 16.6. The third kappa shape index (κ3) is 4.89. The van der Waals surface area contributed by atoms with Gasteiger partial charge in [0.15, 0.2) is 5.69 Å². The molecule has 3 amide bonds. The SMILES string of the molecule is CC(C)NC(=O)c1c(C(N)=O)ncn1-c1ccc(NC(=O)c2ccc(F)cc2Cl)cc1. The number of carbonyl (C=O) groups excluding carboxylic acids is 3. The number of hydrogen-bond acceptors (Lipinski definition) is 4. The minimum absolute atomic E-state index is 0.00711. The average molecular weight is 444 g/mol. The summed E-state index contributed by atoms with van der Waals surface area (Å²) in [5, 5.41) is 5.36. The Labute approximate surface area is 182 Å². The number of anilines is 1. The zero-order chi connectivity index (χ0) is 22.7. The minimum atomic E-state index is -0.826. The second-order valence-corrected chi connectivity index (χ2v) is 7.34. The predicted molar refractivity (Wildman–Crippen MR) is 114 cm³/mol. The Bertz CT molecular complexity index is 1160. The Morgan fingerprint density at radius 3 is 2.35 bits per heavy atom. The molecule has 0 saturated heterocycles. The minimum Gasteiger partial charge on any atom is -0.364 e. The van der Waals surface area contributed by atoms with Crippen LogP contribution in [-0.2, 0) is 0 Å². The van der Waals surface area contributed by atoms with Gasteiger partial charge in [-0.15, -0.1) is 0 Å². The first-order valence-corrected chi connectivity index (χ1v) is 9.60. The third-order valence-electron chi connectivity index (χ3n) is 4.21. The van der Waals surface area contributed by atoms with E-state index in [-0.39, 0.29) is 28.0 Å². The topological polar surface area (TPSA) is 119 Å². The quantitative estimate of drug-likeness (QED) is 0.542. The highest BCUT2D eigenvalue weighted by Gasteiger charge is 2.23. The molecular formula is C21H19ClFN5O3. The molecule has 4 N–H and O–H groups in total. The van der Waals surface area contributed by atoms with Crippen molar-refractivity contribution in [3.8, 4) is 5.69 Å². The normalized spacial score (nSPS) is 10.7. The van der Waals surface area contributed by atoms with Crippen molar-refractivity contribution in [2.75, 3.05) is 5.32 Å². The molecule has 0 radical (unpaired) electrons. The molecule has 0 unspecified atom stereocenters. The molecule has 31 heavy (non-hydrogen) atoms. The number of nitrogens with two attached hydrogens (primary N) is 1. The summed E-state index contributed by atoms with van der Waals surface area (Å²) in [6, 6.07) is 9.77. The summed E-state index contributed by atoms with van der Waals surface area (Å²) in [4.78, 5) is 40.6. The molecule has 0 atom stereocenters. The Balaban J connectivity index is 1.87. The molecule has 160 valence electrons. The largest absolute Gasteiger partial charge is 0.364 e. The van der Waals surface area contributed by atoms with Gasteiger partial charge in [0.2, 0.25) is 0 Å². The number of benzene rings is 2. The van der Waals surface area contributed by atoms with Crippen LogP contribution in [0.4, 0.5) is 10.1 Å². The predicted octanol–water partition coefficient (Wildman–Crippen LogP) is 3.15. The standard InChI is InChI=1S/C21H19ClFN5O3/c1-11(2)26-21(31)18-17(19(24)29)25-10-28(18)14-6-4-13(5-7-14)27-20(30)15-8-3-12(23)9-16(15)22/h3-11H,1-2H3,(H2,24,29)(H,26,31)(H,27,30). The molecule has 1 heterocycles. The maximum absolute atomic E-state index is 13.2. The first-order chi connectivity index (χ1) is 14.7. The van der Waals surface area contributed by atoms with Crippen LogP contribution < -0.4 is 16.4 Å². The number of amides is 3. The smallest absolute Gasteiger partial charge is 0.270 e. The molecule has 3 aromatic rings. The number of nitrogens with one attached hydrogen (secondary N) is 2. The Kier molecular flexibility index (Phi) is 6.36. The molecule has 3 rings (SSSR count). The number of aromatic nitrogens is 2. The molecule has 0 aliphatic rings. The van der Waals surface area contributed by atoms with Crippen LogP contribution in [0.2, 0.25) is 5.02 Å². The molecule has 2 aromatic carbocycles. The number of primary amides is 1. The maximum Gasteiger partial charge on any atom is 0.270 e. The number of rotatable bonds is 6. The van der Waals surface area contributed by atoms with E-state index in [9.17, 15) is 18.8 Å². The van der Waals surface area contributed by atoms with Gasteiger partial charge in [0.25, 0.3) is 17.7 Å². The molecule has 8 nitrogen and oxygen atoms in total. The van der Waals surface area contributed by atoms with Gasteiger partial charge in [-0.05, 0) is 56.3 Å². The van der Waals surface area contributed by atoms with Gasteiger partial charge in [0.05, 0.1) is 10.6 Å². The van der Waals surface area contributed by atoms with Crippen LogP contribution in [0.15, 0.2) is 48.8 Å². The molecular weight excluding hydrogens is 425 g/mol. The number of nitrogens with zero attached hydrogens (tertiary/aromatic N) is 2. The van der Waals surface area contributed by atoms with Gasteiger partial charge in [-0.25, -0.2) is 9.37 Å². The fraction of sp³-hybridized carbons (Fsp3) is 0.143. The van der Waals surface area contributed by atoms with Gasteiger partial charge in [-0.3, -0.25) is 19.0 Å². The highest BCUT2D eigenvalue weighted by molar-refractivity contribution is 6.34. The maximum atomic E-state index is 13.2. The monoisotopic (exact) mass is 443 g/mol. The molecule has 0 aliphatic carbocycles. The Morgan fingerprint density at radius 1 is 1.10 bits per heavy atom. The van der Waals surface area contributed by atoms with Crippen molar-refractivity contribution < 1.29 is 18.8 Å². The van der Waals surface area contributed by atoms with E-state index in [1.165, 1.54) is 17.0 Å². The van der Waals surface area contributed by atoms with Gasteiger partial charge < -0.3 is 16.4 Å². The lowest BCUT2D eigenvalue weighted by atomic mass is 10.2.